The molecule has 102 valence electrons. The Kier molecular flexibility index (Phi) is 4.16. The maximum atomic E-state index is 14.0. The summed E-state index contributed by atoms with van der Waals surface area (Å²) >= 11 is 0. The van der Waals surface area contributed by atoms with E-state index in [0.29, 0.717) is 17.1 Å². The van der Waals surface area contributed by atoms with Crippen LogP contribution in [0.2, 0.25) is 0 Å². The number of methoxy groups -OCH3 is 1. The number of halogens is 1. The monoisotopic (exact) mass is 263 g/mol. The SMILES string of the molecule is CCCn1ccnc1C(N)c1ccc(OC)cc1F. The number of imidazole rings is 1. The smallest absolute Gasteiger partial charge is 0.132 e. The van der Waals surface area contributed by atoms with Crippen molar-refractivity contribution in [3.05, 3.63) is 47.8 Å². The molecule has 0 aliphatic carbocycles. The Bertz CT molecular complexity index is 553. The average molecular weight is 263 g/mol. The molecule has 5 heteroatoms. The summed E-state index contributed by atoms with van der Waals surface area (Å²) in [5.41, 5.74) is 6.54. The minimum atomic E-state index is -0.576. The zero-order chi connectivity index (χ0) is 13.8. The van der Waals surface area contributed by atoms with E-state index in [4.69, 9.17) is 10.5 Å². The van der Waals surface area contributed by atoms with Crippen LogP contribution in [0.1, 0.15) is 30.8 Å². The number of nitrogens with zero attached hydrogens (tertiary/aromatic N) is 2. The zero-order valence-electron chi connectivity index (χ0n) is 11.1. The maximum Gasteiger partial charge on any atom is 0.132 e. The van der Waals surface area contributed by atoms with E-state index < -0.39 is 6.04 Å². The van der Waals surface area contributed by atoms with Crippen molar-refractivity contribution in [2.75, 3.05) is 7.11 Å². The standard InChI is InChI=1S/C14H18FN3O/c1-3-7-18-8-6-17-14(18)13(16)11-5-4-10(19-2)9-12(11)15/h4-6,8-9,13H,3,7,16H2,1-2H3. The Balaban J connectivity index is 2.33. The molecule has 2 N–H and O–H groups in total. The first kappa shape index (κ1) is 13.5. The number of aromatic nitrogens is 2. The van der Waals surface area contributed by atoms with Crippen LogP contribution in [0.5, 0.6) is 5.75 Å². The number of ether oxygens (including phenoxy) is 1. The zero-order valence-corrected chi connectivity index (χ0v) is 11.1. The van der Waals surface area contributed by atoms with Crippen LogP contribution in [0.25, 0.3) is 0 Å². The molecule has 1 unspecified atom stereocenters. The quantitative estimate of drug-likeness (QED) is 0.901. The summed E-state index contributed by atoms with van der Waals surface area (Å²) in [6.45, 7) is 2.89. The van der Waals surface area contributed by atoms with Crippen molar-refractivity contribution in [3.63, 3.8) is 0 Å². The minimum Gasteiger partial charge on any atom is -0.497 e. The summed E-state index contributed by atoms with van der Waals surface area (Å²) in [5.74, 6) is 0.772. The van der Waals surface area contributed by atoms with Crippen LogP contribution in [0.4, 0.5) is 4.39 Å². The molecule has 1 aromatic heterocycles. The van der Waals surface area contributed by atoms with Crippen LogP contribution < -0.4 is 10.5 Å². The van der Waals surface area contributed by atoms with Crippen LogP contribution in [0, 0.1) is 5.82 Å². The third-order valence-electron chi connectivity index (χ3n) is 3.03. The normalized spacial score (nSPS) is 12.4. The van der Waals surface area contributed by atoms with E-state index >= 15 is 0 Å². The molecule has 1 aromatic carbocycles. The van der Waals surface area contributed by atoms with Gasteiger partial charge < -0.3 is 15.0 Å². The molecule has 0 saturated heterocycles. The van der Waals surface area contributed by atoms with Crippen LogP contribution in [-0.2, 0) is 6.54 Å². The van der Waals surface area contributed by atoms with Gasteiger partial charge in [0.25, 0.3) is 0 Å². The van der Waals surface area contributed by atoms with Gasteiger partial charge in [-0.05, 0) is 12.5 Å². The first-order chi connectivity index (χ1) is 9.17. The van der Waals surface area contributed by atoms with E-state index in [2.05, 4.69) is 11.9 Å². The van der Waals surface area contributed by atoms with Crippen LogP contribution >= 0.6 is 0 Å². The fraction of sp³-hybridized carbons (Fsp3) is 0.357. The molecule has 0 saturated carbocycles. The summed E-state index contributed by atoms with van der Waals surface area (Å²) in [6.07, 6.45) is 4.52. The minimum absolute atomic E-state index is 0.377. The molecule has 0 spiro atoms. The predicted molar refractivity (Wildman–Crippen MR) is 71.5 cm³/mol. The molecule has 1 atom stereocenters. The third-order valence-corrected chi connectivity index (χ3v) is 3.03. The van der Waals surface area contributed by atoms with Gasteiger partial charge in [-0.25, -0.2) is 9.37 Å². The van der Waals surface area contributed by atoms with Crippen molar-refractivity contribution in [3.8, 4) is 5.75 Å². The van der Waals surface area contributed by atoms with Gasteiger partial charge in [-0.2, -0.15) is 0 Å². The molecular weight excluding hydrogens is 245 g/mol. The molecular formula is C14H18FN3O. The van der Waals surface area contributed by atoms with Crippen molar-refractivity contribution in [2.24, 2.45) is 5.73 Å². The van der Waals surface area contributed by atoms with E-state index in [9.17, 15) is 4.39 Å². The molecule has 0 aliphatic rings. The molecule has 0 amide bonds. The second kappa shape index (κ2) is 5.84. The van der Waals surface area contributed by atoms with Crippen molar-refractivity contribution in [1.29, 1.82) is 0 Å². The molecule has 19 heavy (non-hydrogen) atoms. The van der Waals surface area contributed by atoms with Crippen molar-refractivity contribution < 1.29 is 9.13 Å². The summed E-state index contributed by atoms with van der Waals surface area (Å²) < 4.78 is 20.9. The lowest BCUT2D eigenvalue weighted by Gasteiger charge is -2.15. The molecule has 1 heterocycles. The van der Waals surface area contributed by atoms with Crippen LogP contribution in [0.15, 0.2) is 30.6 Å². The Labute approximate surface area is 112 Å². The molecule has 4 nitrogen and oxygen atoms in total. The van der Waals surface area contributed by atoms with Gasteiger partial charge in [-0.15, -0.1) is 0 Å². The predicted octanol–water partition coefficient (Wildman–Crippen LogP) is 2.49. The van der Waals surface area contributed by atoms with Gasteiger partial charge in [-0.3, -0.25) is 0 Å². The number of hydrogen-bond donors (Lipinski definition) is 1. The molecule has 0 fully saturated rings. The highest BCUT2D eigenvalue weighted by Crippen LogP contribution is 2.24. The number of aryl methyl sites for hydroxylation is 1. The van der Waals surface area contributed by atoms with Crippen molar-refractivity contribution >= 4 is 0 Å². The topological polar surface area (TPSA) is 53.1 Å². The fourth-order valence-electron chi connectivity index (χ4n) is 2.06. The lowest BCUT2D eigenvalue weighted by Crippen LogP contribution is -2.19. The lowest BCUT2D eigenvalue weighted by molar-refractivity contribution is 0.410. The van der Waals surface area contributed by atoms with Gasteiger partial charge in [0.1, 0.15) is 17.4 Å². The molecule has 0 bridgehead atoms. The second-order valence-electron chi connectivity index (χ2n) is 4.34. The number of rotatable bonds is 5. The Morgan fingerprint density at radius 2 is 2.26 bits per heavy atom. The van der Waals surface area contributed by atoms with Gasteiger partial charge in [-0.1, -0.05) is 13.0 Å². The number of benzene rings is 1. The molecule has 0 radical (unpaired) electrons. The van der Waals surface area contributed by atoms with E-state index in [1.807, 2.05) is 10.8 Å². The second-order valence-corrected chi connectivity index (χ2v) is 4.34. The third kappa shape index (κ3) is 2.76. The van der Waals surface area contributed by atoms with E-state index in [0.717, 1.165) is 13.0 Å². The summed E-state index contributed by atoms with van der Waals surface area (Å²) in [7, 11) is 1.50. The summed E-state index contributed by atoms with van der Waals surface area (Å²) in [5, 5.41) is 0. The maximum absolute atomic E-state index is 14.0. The first-order valence-corrected chi connectivity index (χ1v) is 6.27. The highest BCUT2D eigenvalue weighted by molar-refractivity contribution is 5.33. The molecule has 2 aromatic rings. The average Bonchev–Trinajstić information content (AvgIpc) is 2.86. The van der Waals surface area contributed by atoms with Gasteiger partial charge in [0.2, 0.25) is 0 Å². The van der Waals surface area contributed by atoms with Crippen LogP contribution in [-0.4, -0.2) is 16.7 Å². The van der Waals surface area contributed by atoms with Gasteiger partial charge in [0.05, 0.1) is 13.2 Å². The first-order valence-electron chi connectivity index (χ1n) is 6.27. The number of hydrogen-bond acceptors (Lipinski definition) is 3. The number of nitrogens with two attached hydrogens (primary N) is 1. The van der Waals surface area contributed by atoms with Crippen molar-refractivity contribution in [2.45, 2.75) is 25.9 Å². The highest BCUT2D eigenvalue weighted by Gasteiger charge is 2.18. The van der Waals surface area contributed by atoms with E-state index in [1.165, 1.54) is 13.2 Å². The van der Waals surface area contributed by atoms with Gasteiger partial charge >= 0.3 is 0 Å². The fourth-order valence-corrected chi connectivity index (χ4v) is 2.06. The summed E-state index contributed by atoms with van der Waals surface area (Å²) in [4.78, 5) is 4.23. The summed E-state index contributed by atoms with van der Waals surface area (Å²) in [6, 6.07) is 4.10. The Morgan fingerprint density at radius 1 is 1.47 bits per heavy atom. The Morgan fingerprint density at radius 3 is 2.89 bits per heavy atom. The highest BCUT2D eigenvalue weighted by atomic mass is 19.1. The van der Waals surface area contributed by atoms with E-state index in [1.54, 1.807) is 18.3 Å². The van der Waals surface area contributed by atoms with Gasteiger partial charge in [0, 0.05) is 30.6 Å². The van der Waals surface area contributed by atoms with E-state index in [-0.39, 0.29) is 5.82 Å². The largest absolute Gasteiger partial charge is 0.497 e. The van der Waals surface area contributed by atoms with Gasteiger partial charge in [0.15, 0.2) is 0 Å². The Hall–Kier alpha value is -1.88. The molecule has 2 rings (SSSR count). The van der Waals surface area contributed by atoms with Crippen molar-refractivity contribution in [1.82, 2.24) is 9.55 Å². The van der Waals surface area contributed by atoms with Crippen LogP contribution in [0.3, 0.4) is 0 Å². The lowest BCUT2D eigenvalue weighted by atomic mass is 10.1. The molecule has 0 aliphatic heterocycles.